The average molecular weight is 241 g/mol. The average Bonchev–Trinajstić information content (AvgIpc) is 2.09. The summed E-state index contributed by atoms with van der Waals surface area (Å²) in [4.78, 5) is 0. The largest absolute Gasteiger partial charge is 0.387 e. The van der Waals surface area contributed by atoms with Gasteiger partial charge in [-0.25, -0.2) is 8.78 Å². The van der Waals surface area contributed by atoms with E-state index in [1.807, 2.05) is 0 Å². The van der Waals surface area contributed by atoms with Gasteiger partial charge in [0.15, 0.2) is 0 Å². The fraction of sp³-hybridized carbons (Fsp3) is 0.333. The lowest BCUT2D eigenvalue weighted by atomic mass is 10.1. The van der Waals surface area contributed by atoms with Crippen molar-refractivity contribution in [1.29, 1.82) is 0 Å². The van der Waals surface area contributed by atoms with Crippen LogP contribution in [0.2, 0.25) is 10.0 Å². The second-order valence-electron chi connectivity index (χ2n) is 2.84. The standard InChI is InChI=1S/C9H8Cl2F2O/c10-6-2-1-5(7(11)4-6)3-8(14)9(12)13/h1-2,4,8-9,14H,3H2. The molecule has 1 N–H and O–H groups in total. The zero-order valence-corrected chi connectivity index (χ0v) is 8.56. The molecule has 0 bridgehead atoms. The number of hydrogen-bond acceptors (Lipinski definition) is 1. The molecule has 0 saturated heterocycles. The van der Waals surface area contributed by atoms with E-state index in [2.05, 4.69) is 0 Å². The SMILES string of the molecule is OC(Cc1ccc(Cl)cc1Cl)C(F)F. The van der Waals surface area contributed by atoms with Crippen molar-refractivity contribution in [1.82, 2.24) is 0 Å². The van der Waals surface area contributed by atoms with Crippen molar-refractivity contribution in [2.24, 2.45) is 0 Å². The Morgan fingerprint density at radius 3 is 2.43 bits per heavy atom. The monoisotopic (exact) mass is 240 g/mol. The van der Waals surface area contributed by atoms with Gasteiger partial charge in [-0.3, -0.25) is 0 Å². The molecule has 0 spiro atoms. The Labute approximate surface area is 90.3 Å². The number of aliphatic hydroxyl groups excluding tert-OH is 1. The number of aliphatic hydroxyl groups is 1. The fourth-order valence-electron chi connectivity index (χ4n) is 1.00. The van der Waals surface area contributed by atoms with Crippen LogP contribution in [0.1, 0.15) is 5.56 Å². The predicted octanol–water partition coefficient (Wildman–Crippen LogP) is 3.16. The summed E-state index contributed by atoms with van der Waals surface area (Å²) in [5.41, 5.74) is 0.462. The first-order valence-electron chi connectivity index (χ1n) is 3.91. The number of halogens is 4. The van der Waals surface area contributed by atoms with E-state index >= 15 is 0 Å². The van der Waals surface area contributed by atoms with E-state index in [4.69, 9.17) is 28.3 Å². The third-order valence-electron chi connectivity index (χ3n) is 1.74. The second-order valence-corrected chi connectivity index (χ2v) is 3.69. The molecule has 1 unspecified atom stereocenters. The summed E-state index contributed by atoms with van der Waals surface area (Å²) in [6.45, 7) is 0. The minimum atomic E-state index is -2.76. The molecule has 78 valence electrons. The van der Waals surface area contributed by atoms with Gasteiger partial charge in [0.1, 0.15) is 6.10 Å². The highest BCUT2D eigenvalue weighted by atomic mass is 35.5. The maximum Gasteiger partial charge on any atom is 0.264 e. The lowest BCUT2D eigenvalue weighted by Gasteiger charge is -2.10. The molecule has 14 heavy (non-hydrogen) atoms. The Hall–Kier alpha value is -0.380. The summed E-state index contributed by atoms with van der Waals surface area (Å²) >= 11 is 11.4. The highest BCUT2D eigenvalue weighted by molar-refractivity contribution is 6.35. The van der Waals surface area contributed by atoms with Crippen LogP contribution in [0.5, 0.6) is 0 Å². The van der Waals surface area contributed by atoms with Crippen LogP contribution in [-0.2, 0) is 6.42 Å². The van der Waals surface area contributed by atoms with Gasteiger partial charge in [0.05, 0.1) is 0 Å². The Morgan fingerprint density at radius 1 is 1.29 bits per heavy atom. The molecule has 0 fully saturated rings. The van der Waals surface area contributed by atoms with E-state index in [1.54, 1.807) is 6.07 Å². The zero-order chi connectivity index (χ0) is 10.7. The Bertz CT molecular complexity index is 318. The third-order valence-corrected chi connectivity index (χ3v) is 2.32. The van der Waals surface area contributed by atoms with Gasteiger partial charge in [0, 0.05) is 16.5 Å². The highest BCUT2D eigenvalue weighted by Crippen LogP contribution is 2.23. The van der Waals surface area contributed by atoms with Crippen molar-refractivity contribution >= 4 is 23.2 Å². The van der Waals surface area contributed by atoms with Crippen molar-refractivity contribution in [3.8, 4) is 0 Å². The fourth-order valence-corrected chi connectivity index (χ4v) is 1.49. The maximum absolute atomic E-state index is 12.0. The second kappa shape index (κ2) is 4.91. The number of benzene rings is 1. The van der Waals surface area contributed by atoms with Crippen molar-refractivity contribution in [2.45, 2.75) is 19.0 Å². The minimum Gasteiger partial charge on any atom is -0.387 e. The molecule has 0 aliphatic heterocycles. The zero-order valence-electron chi connectivity index (χ0n) is 7.05. The normalized spacial score (nSPS) is 13.3. The van der Waals surface area contributed by atoms with E-state index in [0.29, 0.717) is 10.6 Å². The third kappa shape index (κ3) is 3.08. The number of alkyl halides is 2. The summed E-state index contributed by atoms with van der Waals surface area (Å²) in [5, 5.41) is 9.66. The molecule has 1 aromatic rings. The Kier molecular flexibility index (Phi) is 4.11. The van der Waals surface area contributed by atoms with Crippen molar-refractivity contribution < 1.29 is 13.9 Å². The highest BCUT2D eigenvalue weighted by Gasteiger charge is 2.18. The first-order valence-corrected chi connectivity index (χ1v) is 4.66. The molecule has 0 heterocycles. The molecule has 5 heteroatoms. The van der Waals surface area contributed by atoms with Crippen LogP contribution in [0.4, 0.5) is 8.78 Å². The number of rotatable bonds is 3. The van der Waals surface area contributed by atoms with Crippen LogP contribution in [0, 0.1) is 0 Å². The predicted molar refractivity (Wildman–Crippen MR) is 52.2 cm³/mol. The molecule has 1 atom stereocenters. The van der Waals surface area contributed by atoms with E-state index in [0.717, 1.165) is 0 Å². The molecule has 0 aromatic heterocycles. The lowest BCUT2D eigenvalue weighted by Crippen LogP contribution is -2.20. The summed E-state index contributed by atoms with van der Waals surface area (Å²) in [6.07, 6.45) is -4.62. The van der Waals surface area contributed by atoms with Crippen molar-refractivity contribution in [2.75, 3.05) is 0 Å². The first-order chi connectivity index (χ1) is 6.50. The molecule has 1 rings (SSSR count). The smallest absolute Gasteiger partial charge is 0.264 e. The van der Waals surface area contributed by atoms with Gasteiger partial charge in [-0.2, -0.15) is 0 Å². The van der Waals surface area contributed by atoms with Gasteiger partial charge in [-0.1, -0.05) is 29.3 Å². The van der Waals surface area contributed by atoms with Crippen molar-refractivity contribution in [3.63, 3.8) is 0 Å². The topological polar surface area (TPSA) is 20.2 Å². The van der Waals surface area contributed by atoms with Gasteiger partial charge in [-0.05, 0) is 17.7 Å². The molecule has 1 aromatic carbocycles. The van der Waals surface area contributed by atoms with Gasteiger partial charge in [-0.15, -0.1) is 0 Å². The summed E-state index contributed by atoms with van der Waals surface area (Å²) in [5.74, 6) is 0. The molecular weight excluding hydrogens is 233 g/mol. The Morgan fingerprint density at radius 2 is 1.93 bits per heavy atom. The van der Waals surface area contributed by atoms with Crippen molar-refractivity contribution in [3.05, 3.63) is 33.8 Å². The van der Waals surface area contributed by atoms with Gasteiger partial charge < -0.3 is 5.11 Å². The summed E-state index contributed by atoms with van der Waals surface area (Å²) in [6, 6.07) is 4.52. The Balaban J connectivity index is 2.77. The molecule has 1 nitrogen and oxygen atoms in total. The van der Waals surface area contributed by atoms with Gasteiger partial charge >= 0.3 is 0 Å². The van der Waals surface area contributed by atoms with Crippen LogP contribution < -0.4 is 0 Å². The molecule has 0 aliphatic rings. The molecular formula is C9H8Cl2F2O. The minimum absolute atomic E-state index is 0.173. The molecule has 0 aliphatic carbocycles. The quantitative estimate of drug-likeness (QED) is 0.861. The van der Waals surface area contributed by atoms with Crippen LogP contribution in [0.25, 0.3) is 0 Å². The van der Waals surface area contributed by atoms with Crippen LogP contribution in [-0.4, -0.2) is 17.6 Å². The lowest BCUT2D eigenvalue weighted by molar-refractivity contribution is -0.00364. The summed E-state index contributed by atoms with van der Waals surface area (Å²) < 4.78 is 24.0. The van der Waals surface area contributed by atoms with E-state index < -0.39 is 12.5 Å². The number of hydrogen-bond donors (Lipinski definition) is 1. The first kappa shape index (κ1) is 11.7. The van der Waals surface area contributed by atoms with Gasteiger partial charge in [0.2, 0.25) is 0 Å². The van der Waals surface area contributed by atoms with E-state index in [9.17, 15) is 8.78 Å². The molecule has 0 amide bonds. The summed E-state index contributed by atoms with van der Waals surface area (Å²) in [7, 11) is 0. The van der Waals surface area contributed by atoms with Gasteiger partial charge in [0.25, 0.3) is 6.43 Å². The maximum atomic E-state index is 12.0. The molecule has 0 radical (unpaired) electrons. The van der Waals surface area contributed by atoms with Crippen LogP contribution in [0.3, 0.4) is 0 Å². The van der Waals surface area contributed by atoms with E-state index in [1.165, 1.54) is 12.1 Å². The van der Waals surface area contributed by atoms with E-state index in [-0.39, 0.29) is 11.4 Å². The molecule has 0 saturated carbocycles. The van der Waals surface area contributed by atoms with Crippen LogP contribution in [0.15, 0.2) is 18.2 Å². The van der Waals surface area contributed by atoms with Crippen LogP contribution >= 0.6 is 23.2 Å².